The second kappa shape index (κ2) is 6.80. The van der Waals surface area contributed by atoms with Crippen molar-refractivity contribution in [1.29, 1.82) is 0 Å². The van der Waals surface area contributed by atoms with Crippen molar-refractivity contribution in [2.45, 2.75) is 31.4 Å². The third-order valence-electron chi connectivity index (χ3n) is 6.51. The standard InChI is InChI=1S/C20H27N5O2/c1-27-16-6-9-24(13-16)15-2-3-18-17(12-15)19(22-21-18)20(26)25-11-10-23-7-4-14(25)5-8-23/h2-3,12,14,16H,4-11,13H2,1H3,(H,21,22)/t16-/m1/s1. The first-order chi connectivity index (χ1) is 13.2. The zero-order chi connectivity index (χ0) is 18.4. The molecule has 2 bridgehead atoms. The number of hydrogen-bond acceptors (Lipinski definition) is 5. The summed E-state index contributed by atoms with van der Waals surface area (Å²) < 4.78 is 5.49. The average Bonchev–Trinajstić information content (AvgIpc) is 3.25. The number of anilines is 1. The molecule has 5 heterocycles. The third kappa shape index (κ3) is 2.99. The van der Waals surface area contributed by atoms with Crippen LogP contribution in [0.5, 0.6) is 0 Å². The molecule has 1 aromatic carbocycles. The maximum Gasteiger partial charge on any atom is 0.275 e. The molecule has 0 saturated carbocycles. The van der Waals surface area contributed by atoms with Crippen LogP contribution >= 0.6 is 0 Å². The molecule has 4 aliphatic heterocycles. The van der Waals surface area contributed by atoms with Gasteiger partial charge < -0.3 is 19.4 Å². The van der Waals surface area contributed by atoms with E-state index in [2.05, 4.69) is 37.0 Å². The Morgan fingerprint density at radius 1 is 1.15 bits per heavy atom. The van der Waals surface area contributed by atoms with Crippen molar-refractivity contribution in [1.82, 2.24) is 20.0 Å². The number of carbonyl (C=O) groups is 1. The second-order valence-electron chi connectivity index (χ2n) is 7.97. The van der Waals surface area contributed by atoms with Crippen molar-refractivity contribution in [3.05, 3.63) is 23.9 Å². The summed E-state index contributed by atoms with van der Waals surface area (Å²) in [7, 11) is 1.77. The first-order valence-electron chi connectivity index (χ1n) is 10.0. The molecule has 1 amide bonds. The molecule has 1 aromatic heterocycles. The summed E-state index contributed by atoms with van der Waals surface area (Å²) in [4.78, 5) is 20.2. The molecule has 4 fully saturated rings. The van der Waals surface area contributed by atoms with E-state index in [4.69, 9.17) is 4.74 Å². The first kappa shape index (κ1) is 17.0. The molecule has 7 heteroatoms. The lowest BCUT2D eigenvalue weighted by molar-refractivity contribution is 0.0681. The fourth-order valence-corrected chi connectivity index (χ4v) is 4.81. The van der Waals surface area contributed by atoms with Crippen molar-refractivity contribution < 1.29 is 9.53 Å². The van der Waals surface area contributed by atoms with E-state index >= 15 is 0 Å². The predicted molar refractivity (Wildman–Crippen MR) is 104 cm³/mol. The fourth-order valence-electron chi connectivity index (χ4n) is 4.81. The quantitative estimate of drug-likeness (QED) is 0.892. The van der Waals surface area contributed by atoms with Gasteiger partial charge in [-0.15, -0.1) is 0 Å². The number of fused-ring (bicyclic) bond motifs is 5. The number of aromatic amines is 1. The summed E-state index contributed by atoms with van der Waals surface area (Å²) in [5.74, 6) is 0.0725. The Morgan fingerprint density at radius 2 is 2.00 bits per heavy atom. The molecule has 4 aliphatic rings. The number of carbonyl (C=O) groups excluding carboxylic acids is 1. The molecule has 1 atom stereocenters. The van der Waals surface area contributed by atoms with E-state index in [0.717, 1.165) is 75.1 Å². The Kier molecular flexibility index (Phi) is 4.28. The third-order valence-corrected chi connectivity index (χ3v) is 6.51. The molecule has 0 unspecified atom stereocenters. The van der Waals surface area contributed by atoms with Gasteiger partial charge in [0.15, 0.2) is 5.69 Å². The number of methoxy groups -OCH3 is 1. The molecule has 0 spiro atoms. The van der Waals surface area contributed by atoms with Gasteiger partial charge in [-0.05, 0) is 37.5 Å². The smallest absolute Gasteiger partial charge is 0.275 e. The number of hydrogen-bond donors (Lipinski definition) is 1. The number of benzene rings is 1. The normalized spacial score (nSPS) is 28.1. The Balaban J connectivity index is 1.44. The number of ether oxygens (including phenoxy) is 1. The number of nitrogens with one attached hydrogen (secondary N) is 1. The number of H-pyrrole nitrogens is 1. The van der Waals surface area contributed by atoms with E-state index in [9.17, 15) is 4.79 Å². The van der Waals surface area contributed by atoms with Crippen molar-refractivity contribution in [3.8, 4) is 0 Å². The van der Waals surface area contributed by atoms with E-state index in [1.165, 1.54) is 0 Å². The average molecular weight is 369 g/mol. The monoisotopic (exact) mass is 369 g/mol. The summed E-state index contributed by atoms with van der Waals surface area (Å²) in [5, 5.41) is 8.39. The summed E-state index contributed by atoms with van der Waals surface area (Å²) in [6.07, 6.45) is 3.47. The first-order valence-corrected chi connectivity index (χ1v) is 10.0. The Hall–Kier alpha value is -2.12. The van der Waals surface area contributed by atoms with Crippen LogP contribution in [0.4, 0.5) is 5.69 Å². The molecule has 0 radical (unpaired) electrons. The Morgan fingerprint density at radius 3 is 2.78 bits per heavy atom. The molecule has 1 N–H and O–H groups in total. The van der Waals surface area contributed by atoms with Gasteiger partial charge in [0.25, 0.3) is 5.91 Å². The molecular formula is C20H27N5O2. The Bertz CT molecular complexity index is 842. The highest BCUT2D eigenvalue weighted by Crippen LogP contribution is 2.29. The maximum absolute atomic E-state index is 13.3. The number of piperidine rings is 1. The predicted octanol–water partition coefficient (Wildman–Crippen LogP) is 1.71. The molecule has 7 nitrogen and oxygen atoms in total. The van der Waals surface area contributed by atoms with Gasteiger partial charge >= 0.3 is 0 Å². The Labute approximate surface area is 159 Å². The van der Waals surface area contributed by atoms with E-state index in [0.29, 0.717) is 11.7 Å². The highest BCUT2D eigenvalue weighted by molar-refractivity contribution is 6.05. The van der Waals surface area contributed by atoms with Gasteiger partial charge in [-0.1, -0.05) is 0 Å². The number of aromatic nitrogens is 2. The SMILES string of the molecule is CO[C@@H]1CCN(c2ccc3[nH]nc(C(=O)N4CCN5CCC4CC5)c3c2)C1. The van der Waals surface area contributed by atoms with Crippen LogP contribution in [0.3, 0.4) is 0 Å². The minimum absolute atomic E-state index is 0.0725. The number of rotatable bonds is 3. The van der Waals surface area contributed by atoms with Crippen LogP contribution in [0.1, 0.15) is 29.8 Å². The van der Waals surface area contributed by atoms with Crippen molar-refractivity contribution in [2.75, 3.05) is 51.3 Å². The fraction of sp³-hybridized carbons (Fsp3) is 0.600. The van der Waals surface area contributed by atoms with Crippen LogP contribution in [0.25, 0.3) is 10.9 Å². The van der Waals surface area contributed by atoms with E-state index in [1.54, 1.807) is 7.11 Å². The summed E-state index contributed by atoms with van der Waals surface area (Å²) in [6, 6.07) is 6.61. The molecule has 27 heavy (non-hydrogen) atoms. The number of amides is 1. The van der Waals surface area contributed by atoms with Gasteiger partial charge in [0.2, 0.25) is 0 Å². The highest BCUT2D eigenvalue weighted by Gasteiger charge is 2.34. The van der Waals surface area contributed by atoms with Gasteiger partial charge in [-0.25, -0.2) is 0 Å². The van der Waals surface area contributed by atoms with Gasteiger partial charge in [-0.3, -0.25) is 9.89 Å². The molecule has 144 valence electrons. The van der Waals surface area contributed by atoms with Gasteiger partial charge in [-0.2, -0.15) is 5.10 Å². The highest BCUT2D eigenvalue weighted by atomic mass is 16.5. The molecule has 6 rings (SSSR count). The van der Waals surface area contributed by atoms with Crippen LogP contribution in [0.15, 0.2) is 18.2 Å². The van der Waals surface area contributed by atoms with Crippen LogP contribution in [0.2, 0.25) is 0 Å². The molecule has 2 aromatic rings. The van der Waals surface area contributed by atoms with Crippen LogP contribution in [-0.4, -0.2) is 84.4 Å². The largest absolute Gasteiger partial charge is 0.380 e. The summed E-state index contributed by atoms with van der Waals surface area (Å²) >= 11 is 0. The lowest BCUT2D eigenvalue weighted by Gasteiger charge is -2.31. The molecule has 0 aliphatic carbocycles. The second-order valence-corrected chi connectivity index (χ2v) is 7.97. The lowest BCUT2D eigenvalue weighted by atomic mass is 10.0. The van der Waals surface area contributed by atoms with E-state index < -0.39 is 0 Å². The summed E-state index contributed by atoms with van der Waals surface area (Å²) in [5.41, 5.74) is 2.63. The van der Waals surface area contributed by atoms with Gasteiger partial charge in [0.05, 0.1) is 11.6 Å². The molecular weight excluding hydrogens is 342 g/mol. The topological polar surface area (TPSA) is 64.7 Å². The van der Waals surface area contributed by atoms with Crippen LogP contribution in [0, 0.1) is 0 Å². The van der Waals surface area contributed by atoms with Crippen molar-refractivity contribution in [3.63, 3.8) is 0 Å². The van der Waals surface area contributed by atoms with Crippen LogP contribution in [-0.2, 0) is 4.74 Å². The van der Waals surface area contributed by atoms with E-state index in [-0.39, 0.29) is 12.0 Å². The minimum atomic E-state index is 0.0725. The van der Waals surface area contributed by atoms with Gasteiger partial charge in [0.1, 0.15) is 0 Å². The van der Waals surface area contributed by atoms with E-state index in [1.807, 2.05) is 6.07 Å². The maximum atomic E-state index is 13.3. The zero-order valence-corrected chi connectivity index (χ0v) is 15.9. The zero-order valence-electron chi connectivity index (χ0n) is 15.9. The minimum Gasteiger partial charge on any atom is -0.380 e. The lowest BCUT2D eigenvalue weighted by Crippen LogP contribution is -2.41. The summed E-state index contributed by atoms with van der Waals surface area (Å²) in [6.45, 7) is 5.87. The van der Waals surface area contributed by atoms with Crippen molar-refractivity contribution >= 4 is 22.5 Å². The van der Waals surface area contributed by atoms with Crippen LogP contribution < -0.4 is 4.90 Å². The molecule has 4 saturated heterocycles. The van der Waals surface area contributed by atoms with Gasteiger partial charge in [0, 0.05) is 63.5 Å². The van der Waals surface area contributed by atoms with Crippen molar-refractivity contribution in [2.24, 2.45) is 0 Å². The number of nitrogens with zero attached hydrogens (tertiary/aromatic N) is 4.